The molecule has 0 radical (unpaired) electrons. The summed E-state index contributed by atoms with van der Waals surface area (Å²) in [4.78, 5) is 12.0. The zero-order chi connectivity index (χ0) is 15.2. The summed E-state index contributed by atoms with van der Waals surface area (Å²) in [6.07, 6.45) is 0.828. The van der Waals surface area contributed by atoms with Crippen LogP contribution in [-0.2, 0) is 13.0 Å². The molecule has 1 amide bonds. The molecule has 0 saturated carbocycles. The molecule has 3 nitrogen and oxygen atoms in total. The SMILES string of the molecule is NCCc1ccc(CNC(=O)c2c(F)cccc2Br)cc1. The Morgan fingerprint density at radius 2 is 1.81 bits per heavy atom. The van der Waals surface area contributed by atoms with Crippen LogP contribution in [0, 0.1) is 5.82 Å². The first-order chi connectivity index (χ1) is 10.1. The van der Waals surface area contributed by atoms with Crippen LogP contribution in [0.2, 0.25) is 0 Å². The molecule has 0 spiro atoms. The minimum Gasteiger partial charge on any atom is -0.348 e. The maximum Gasteiger partial charge on any atom is 0.255 e. The molecular formula is C16H16BrFN2O. The van der Waals surface area contributed by atoms with Gasteiger partial charge in [-0.25, -0.2) is 4.39 Å². The van der Waals surface area contributed by atoms with Gasteiger partial charge in [0.2, 0.25) is 0 Å². The van der Waals surface area contributed by atoms with Gasteiger partial charge < -0.3 is 11.1 Å². The topological polar surface area (TPSA) is 55.1 Å². The van der Waals surface area contributed by atoms with Crippen LogP contribution >= 0.6 is 15.9 Å². The molecule has 0 aliphatic rings. The largest absolute Gasteiger partial charge is 0.348 e. The molecule has 0 bridgehead atoms. The third-order valence-corrected chi connectivity index (χ3v) is 3.76. The van der Waals surface area contributed by atoms with E-state index in [1.54, 1.807) is 12.1 Å². The number of carbonyl (C=O) groups excluding carboxylic acids is 1. The van der Waals surface area contributed by atoms with Crippen LogP contribution < -0.4 is 11.1 Å². The van der Waals surface area contributed by atoms with Crippen LogP contribution in [0.25, 0.3) is 0 Å². The molecule has 0 heterocycles. The lowest BCUT2D eigenvalue weighted by Gasteiger charge is -2.08. The average molecular weight is 351 g/mol. The minimum atomic E-state index is -0.542. The summed E-state index contributed by atoms with van der Waals surface area (Å²) >= 11 is 3.19. The number of hydrogen-bond donors (Lipinski definition) is 2. The van der Waals surface area contributed by atoms with Crippen LogP contribution in [0.4, 0.5) is 4.39 Å². The number of rotatable bonds is 5. The maximum atomic E-state index is 13.7. The fourth-order valence-electron chi connectivity index (χ4n) is 1.98. The smallest absolute Gasteiger partial charge is 0.255 e. The van der Waals surface area contributed by atoms with Crippen molar-refractivity contribution in [2.24, 2.45) is 5.73 Å². The molecule has 0 fully saturated rings. The van der Waals surface area contributed by atoms with E-state index >= 15 is 0 Å². The first-order valence-corrected chi connectivity index (χ1v) is 7.41. The highest BCUT2D eigenvalue weighted by Crippen LogP contribution is 2.19. The van der Waals surface area contributed by atoms with Crippen LogP contribution in [0.15, 0.2) is 46.9 Å². The molecule has 3 N–H and O–H groups in total. The first-order valence-electron chi connectivity index (χ1n) is 6.62. The second-order valence-electron chi connectivity index (χ2n) is 4.63. The lowest BCUT2D eigenvalue weighted by molar-refractivity contribution is 0.0946. The van der Waals surface area contributed by atoms with Crippen molar-refractivity contribution in [2.75, 3.05) is 6.54 Å². The number of benzene rings is 2. The Kier molecular flexibility index (Phi) is 5.47. The van der Waals surface area contributed by atoms with Crippen molar-refractivity contribution < 1.29 is 9.18 Å². The molecule has 0 atom stereocenters. The van der Waals surface area contributed by atoms with Crippen LogP contribution in [0.3, 0.4) is 0 Å². The first kappa shape index (κ1) is 15.7. The van der Waals surface area contributed by atoms with Crippen molar-refractivity contribution in [3.63, 3.8) is 0 Å². The lowest BCUT2D eigenvalue weighted by atomic mass is 10.1. The van der Waals surface area contributed by atoms with Gasteiger partial charge in [0, 0.05) is 11.0 Å². The van der Waals surface area contributed by atoms with Gasteiger partial charge in [0.05, 0.1) is 5.56 Å². The highest BCUT2D eigenvalue weighted by atomic mass is 79.9. The number of nitrogens with one attached hydrogen (secondary N) is 1. The number of hydrogen-bond acceptors (Lipinski definition) is 2. The normalized spacial score (nSPS) is 10.4. The van der Waals surface area contributed by atoms with Gasteiger partial charge in [0.1, 0.15) is 5.82 Å². The van der Waals surface area contributed by atoms with Gasteiger partial charge >= 0.3 is 0 Å². The van der Waals surface area contributed by atoms with Gasteiger partial charge in [-0.2, -0.15) is 0 Å². The fraction of sp³-hybridized carbons (Fsp3) is 0.188. The van der Waals surface area contributed by atoms with Gasteiger partial charge in [-0.1, -0.05) is 30.3 Å². The fourth-order valence-corrected chi connectivity index (χ4v) is 2.50. The average Bonchev–Trinajstić information content (AvgIpc) is 2.47. The second-order valence-corrected chi connectivity index (χ2v) is 5.49. The van der Waals surface area contributed by atoms with Crippen LogP contribution in [-0.4, -0.2) is 12.5 Å². The summed E-state index contributed by atoms with van der Waals surface area (Å²) in [5.41, 5.74) is 7.63. The van der Waals surface area contributed by atoms with E-state index < -0.39 is 11.7 Å². The quantitative estimate of drug-likeness (QED) is 0.870. The summed E-state index contributed by atoms with van der Waals surface area (Å²) in [7, 11) is 0. The maximum absolute atomic E-state index is 13.7. The minimum absolute atomic E-state index is 0.0252. The predicted molar refractivity (Wildman–Crippen MR) is 84.5 cm³/mol. The summed E-state index contributed by atoms with van der Waals surface area (Å²) in [6, 6.07) is 12.3. The Balaban J connectivity index is 2.01. The van der Waals surface area contributed by atoms with Crippen molar-refractivity contribution in [3.8, 4) is 0 Å². The number of halogens is 2. The highest BCUT2D eigenvalue weighted by molar-refractivity contribution is 9.10. The zero-order valence-electron chi connectivity index (χ0n) is 11.4. The van der Waals surface area contributed by atoms with Crippen molar-refractivity contribution in [1.29, 1.82) is 0 Å². The van der Waals surface area contributed by atoms with Gasteiger partial charge in [-0.15, -0.1) is 0 Å². The molecule has 0 saturated heterocycles. The molecular weight excluding hydrogens is 335 g/mol. The predicted octanol–water partition coefficient (Wildman–Crippen LogP) is 3.02. The molecule has 0 aliphatic heterocycles. The Bertz CT molecular complexity index is 608. The number of carbonyl (C=O) groups is 1. The lowest BCUT2D eigenvalue weighted by Crippen LogP contribution is -2.24. The van der Waals surface area contributed by atoms with Gasteiger partial charge in [0.25, 0.3) is 5.91 Å². The summed E-state index contributed by atoms with van der Waals surface area (Å²) in [5.74, 6) is -0.980. The second kappa shape index (κ2) is 7.33. The Morgan fingerprint density at radius 1 is 1.14 bits per heavy atom. The van der Waals surface area contributed by atoms with E-state index in [4.69, 9.17) is 5.73 Å². The number of nitrogens with two attached hydrogens (primary N) is 1. The Labute approximate surface area is 131 Å². The summed E-state index contributed by atoms with van der Waals surface area (Å²) < 4.78 is 14.1. The monoisotopic (exact) mass is 350 g/mol. The van der Waals surface area contributed by atoms with Crippen molar-refractivity contribution in [1.82, 2.24) is 5.32 Å². The van der Waals surface area contributed by atoms with Gasteiger partial charge in [0.15, 0.2) is 0 Å². The van der Waals surface area contributed by atoms with Gasteiger partial charge in [-0.05, 0) is 52.2 Å². The molecule has 2 rings (SSSR count). The van der Waals surface area contributed by atoms with E-state index in [1.807, 2.05) is 24.3 Å². The van der Waals surface area contributed by atoms with Crippen LogP contribution in [0.5, 0.6) is 0 Å². The molecule has 0 unspecified atom stereocenters. The molecule has 0 aromatic heterocycles. The highest BCUT2D eigenvalue weighted by Gasteiger charge is 2.14. The molecule has 0 aliphatic carbocycles. The third kappa shape index (κ3) is 4.12. The molecule has 2 aromatic carbocycles. The Hall–Kier alpha value is -1.72. The van der Waals surface area contributed by atoms with Crippen molar-refractivity contribution in [2.45, 2.75) is 13.0 Å². The summed E-state index contributed by atoms with van der Waals surface area (Å²) in [6.45, 7) is 0.958. The van der Waals surface area contributed by atoms with E-state index in [9.17, 15) is 9.18 Å². The standard InChI is InChI=1S/C16H16BrFN2O/c17-13-2-1-3-14(18)15(13)16(21)20-10-12-6-4-11(5-7-12)8-9-19/h1-7H,8-10,19H2,(H,20,21). The van der Waals surface area contributed by atoms with E-state index in [-0.39, 0.29) is 5.56 Å². The molecule has 2 aromatic rings. The van der Waals surface area contributed by atoms with Crippen molar-refractivity contribution in [3.05, 3.63) is 69.4 Å². The molecule has 5 heteroatoms. The van der Waals surface area contributed by atoms with E-state index in [0.29, 0.717) is 17.6 Å². The molecule has 110 valence electrons. The van der Waals surface area contributed by atoms with E-state index in [0.717, 1.165) is 17.5 Å². The molecule has 21 heavy (non-hydrogen) atoms. The van der Waals surface area contributed by atoms with Gasteiger partial charge in [-0.3, -0.25) is 4.79 Å². The van der Waals surface area contributed by atoms with Crippen LogP contribution in [0.1, 0.15) is 21.5 Å². The van der Waals surface area contributed by atoms with E-state index in [1.165, 1.54) is 6.07 Å². The van der Waals surface area contributed by atoms with Crippen molar-refractivity contribution >= 4 is 21.8 Å². The third-order valence-electron chi connectivity index (χ3n) is 3.10. The Morgan fingerprint density at radius 3 is 2.43 bits per heavy atom. The zero-order valence-corrected chi connectivity index (χ0v) is 13.0. The summed E-state index contributed by atoms with van der Waals surface area (Å²) in [5, 5.41) is 2.71. The number of amides is 1. The van der Waals surface area contributed by atoms with E-state index in [2.05, 4.69) is 21.2 Å².